The third-order valence-corrected chi connectivity index (χ3v) is 4.77. The number of hydrogen-bond donors (Lipinski definition) is 0. The lowest BCUT2D eigenvalue weighted by atomic mass is 10.1. The van der Waals surface area contributed by atoms with E-state index in [9.17, 15) is 9.59 Å². The smallest absolute Gasteiger partial charge is 0.329 e. The molecule has 0 bridgehead atoms. The largest absolute Gasteiger partial charge is 0.482 e. The van der Waals surface area contributed by atoms with E-state index in [0.717, 1.165) is 17.7 Å². The molecule has 2 aromatic rings. The summed E-state index contributed by atoms with van der Waals surface area (Å²) >= 11 is 1.50. The number of carbonyl (C=O) groups is 2. The molecule has 2 atom stereocenters. The predicted octanol–water partition coefficient (Wildman–Crippen LogP) is 3.27. The van der Waals surface area contributed by atoms with Crippen molar-refractivity contribution in [1.82, 2.24) is 4.98 Å². The number of esters is 1. The highest BCUT2D eigenvalue weighted by atomic mass is 32.1. The minimum atomic E-state index is -0.727. The number of carbonyl (C=O) groups excluding carboxylic acids is 2. The molecule has 1 amide bonds. The Balaban J connectivity index is 1.94. The monoisotopic (exact) mass is 360 g/mol. The molecule has 7 heteroatoms. The molecule has 0 fully saturated rings. The van der Waals surface area contributed by atoms with E-state index in [1.807, 2.05) is 31.4 Å². The summed E-state index contributed by atoms with van der Waals surface area (Å²) in [5.41, 5.74) is 4.00. The second kappa shape index (κ2) is 7.23. The standard InChI is InChI=1S/C18H20N2O4S/c1-4-11(2)24-18(22)12(3)20-15-7-13(14-9-25-10-19-14)5-6-16(15)23-8-17(20)21/h5-7,9-12H,4,8H2,1-3H3. The fraction of sp³-hybridized carbons (Fsp3) is 0.389. The van der Waals surface area contributed by atoms with Crippen LogP contribution in [0, 0.1) is 0 Å². The molecule has 6 nitrogen and oxygen atoms in total. The molecule has 2 heterocycles. The minimum Gasteiger partial charge on any atom is -0.482 e. The number of anilines is 1. The quantitative estimate of drug-likeness (QED) is 0.766. The molecule has 0 spiro atoms. The molecule has 0 radical (unpaired) electrons. The Kier molecular flexibility index (Phi) is 5.03. The fourth-order valence-electron chi connectivity index (χ4n) is 2.60. The van der Waals surface area contributed by atoms with Crippen molar-refractivity contribution < 1.29 is 19.1 Å². The van der Waals surface area contributed by atoms with Gasteiger partial charge in [0.05, 0.1) is 23.0 Å². The maximum Gasteiger partial charge on any atom is 0.329 e. The van der Waals surface area contributed by atoms with E-state index >= 15 is 0 Å². The second-order valence-electron chi connectivity index (χ2n) is 5.94. The lowest BCUT2D eigenvalue weighted by molar-refractivity contribution is -0.150. The van der Waals surface area contributed by atoms with Crippen LogP contribution in [0.15, 0.2) is 29.1 Å². The molecule has 0 saturated carbocycles. The van der Waals surface area contributed by atoms with Crippen LogP contribution in [-0.4, -0.2) is 35.6 Å². The van der Waals surface area contributed by atoms with E-state index < -0.39 is 12.0 Å². The topological polar surface area (TPSA) is 68.7 Å². The molecular formula is C18H20N2O4S. The Hall–Kier alpha value is -2.41. The number of amides is 1. The summed E-state index contributed by atoms with van der Waals surface area (Å²) < 4.78 is 10.9. The Bertz CT molecular complexity index is 775. The zero-order valence-electron chi connectivity index (χ0n) is 14.4. The Morgan fingerprint density at radius 2 is 2.24 bits per heavy atom. The highest BCUT2D eigenvalue weighted by Crippen LogP contribution is 2.37. The lowest BCUT2D eigenvalue weighted by Gasteiger charge is -2.33. The number of rotatable bonds is 5. The van der Waals surface area contributed by atoms with Gasteiger partial charge in [-0.05, 0) is 38.5 Å². The van der Waals surface area contributed by atoms with E-state index in [4.69, 9.17) is 9.47 Å². The molecule has 1 aromatic heterocycles. The number of fused-ring (bicyclic) bond motifs is 1. The average molecular weight is 360 g/mol. The van der Waals surface area contributed by atoms with E-state index in [1.165, 1.54) is 16.2 Å². The van der Waals surface area contributed by atoms with Gasteiger partial charge >= 0.3 is 5.97 Å². The molecule has 3 rings (SSSR count). The van der Waals surface area contributed by atoms with Crippen LogP contribution >= 0.6 is 11.3 Å². The van der Waals surface area contributed by atoms with Gasteiger partial charge in [-0.2, -0.15) is 0 Å². The van der Waals surface area contributed by atoms with Crippen LogP contribution < -0.4 is 9.64 Å². The Labute approximate surface area is 150 Å². The molecule has 25 heavy (non-hydrogen) atoms. The Morgan fingerprint density at radius 3 is 2.92 bits per heavy atom. The first-order valence-corrected chi connectivity index (χ1v) is 9.13. The first-order chi connectivity index (χ1) is 12.0. The van der Waals surface area contributed by atoms with Gasteiger partial charge in [-0.3, -0.25) is 9.69 Å². The summed E-state index contributed by atoms with van der Waals surface area (Å²) in [4.78, 5) is 30.6. The number of ether oxygens (including phenoxy) is 2. The molecule has 1 aliphatic heterocycles. The van der Waals surface area contributed by atoms with Gasteiger partial charge in [0.2, 0.25) is 0 Å². The van der Waals surface area contributed by atoms with Crippen LogP contribution in [0.5, 0.6) is 5.75 Å². The summed E-state index contributed by atoms with van der Waals surface area (Å²) in [7, 11) is 0. The summed E-state index contributed by atoms with van der Waals surface area (Å²) in [6.45, 7) is 5.36. The van der Waals surface area contributed by atoms with Crippen molar-refractivity contribution in [1.29, 1.82) is 0 Å². The number of benzene rings is 1. The van der Waals surface area contributed by atoms with Crippen molar-refractivity contribution in [3.8, 4) is 17.0 Å². The van der Waals surface area contributed by atoms with Crippen LogP contribution in [0.3, 0.4) is 0 Å². The number of hydrogen-bond acceptors (Lipinski definition) is 6. The summed E-state index contributed by atoms with van der Waals surface area (Å²) in [6, 6.07) is 4.80. The van der Waals surface area contributed by atoms with Gasteiger partial charge in [0.1, 0.15) is 11.8 Å². The van der Waals surface area contributed by atoms with Crippen LogP contribution in [0.1, 0.15) is 27.2 Å². The van der Waals surface area contributed by atoms with Crippen molar-refractivity contribution in [3.63, 3.8) is 0 Å². The molecule has 1 aromatic carbocycles. The second-order valence-corrected chi connectivity index (χ2v) is 6.66. The maximum atomic E-state index is 12.4. The highest BCUT2D eigenvalue weighted by molar-refractivity contribution is 7.07. The van der Waals surface area contributed by atoms with E-state index in [2.05, 4.69) is 4.98 Å². The lowest BCUT2D eigenvalue weighted by Crippen LogP contribution is -2.49. The third kappa shape index (κ3) is 3.51. The third-order valence-electron chi connectivity index (χ3n) is 4.19. The fourth-order valence-corrected chi connectivity index (χ4v) is 3.16. The number of thiazole rings is 1. The van der Waals surface area contributed by atoms with Gasteiger partial charge in [0, 0.05) is 10.9 Å². The molecule has 0 aliphatic carbocycles. The van der Waals surface area contributed by atoms with Gasteiger partial charge in [0.25, 0.3) is 5.91 Å². The van der Waals surface area contributed by atoms with E-state index in [-0.39, 0.29) is 18.6 Å². The van der Waals surface area contributed by atoms with Crippen molar-refractivity contribution in [2.45, 2.75) is 39.3 Å². The van der Waals surface area contributed by atoms with Gasteiger partial charge in [0.15, 0.2) is 6.61 Å². The van der Waals surface area contributed by atoms with Crippen molar-refractivity contribution in [2.24, 2.45) is 0 Å². The van der Waals surface area contributed by atoms with Gasteiger partial charge in [-0.1, -0.05) is 6.92 Å². The average Bonchev–Trinajstić information content (AvgIpc) is 3.15. The zero-order chi connectivity index (χ0) is 18.0. The maximum absolute atomic E-state index is 12.4. The first-order valence-electron chi connectivity index (χ1n) is 8.19. The summed E-state index contributed by atoms with van der Waals surface area (Å²) in [5.74, 6) is -0.118. The molecule has 1 aliphatic rings. The van der Waals surface area contributed by atoms with Crippen molar-refractivity contribution in [3.05, 3.63) is 29.1 Å². The SMILES string of the molecule is CCC(C)OC(=O)C(C)N1C(=O)COc2ccc(-c3cscn3)cc21. The van der Waals surface area contributed by atoms with E-state index in [1.54, 1.807) is 18.5 Å². The summed E-state index contributed by atoms with van der Waals surface area (Å²) in [6.07, 6.45) is 0.534. The molecular weight excluding hydrogens is 340 g/mol. The molecule has 0 saturated heterocycles. The van der Waals surface area contributed by atoms with Gasteiger partial charge in [-0.25, -0.2) is 9.78 Å². The van der Waals surface area contributed by atoms with Gasteiger partial charge in [-0.15, -0.1) is 11.3 Å². The summed E-state index contributed by atoms with van der Waals surface area (Å²) in [5, 5.41) is 1.93. The number of aromatic nitrogens is 1. The van der Waals surface area contributed by atoms with Gasteiger partial charge < -0.3 is 9.47 Å². The predicted molar refractivity (Wildman–Crippen MR) is 95.8 cm³/mol. The number of nitrogens with zero attached hydrogens (tertiary/aromatic N) is 2. The normalized spacial score (nSPS) is 16.0. The van der Waals surface area contributed by atoms with Crippen LogP contribution in [0.25, 0.3) is 11.3 Å². The van der Waals surface area contributed by atoms with Crippen molar-refractivity contribution >= 4 is 28.9 Å². The minimum absolute atomic E-state index is 0.0933. The Morgan fingerprint density at radius 1 is 1.44 bits per heavy atom. The molecule has 0 N–H and O–H groups in total. The first kappa shape index (κ1) is 17.4. The zero-order valence-corrected chi connectivity index (χ0v) is 15.2. The van der Waals surface area contributed by atoms with Crippen LogP contribution in [0.2, 0.25) is 0 Å². The van der Waals surface area contributed by atoms with Crippen LogP contribution in [0.4, 0.5) is 5.69 Å². The highest BCUT2D eigenvalue weighted by Gasteiger charge is 2.34. The van der Waals surface area contributed by atoms with E-state index in [0.29, 0.717) is 11.4 Å². The van der Waals surface area contributed by atoms with Crippen LogP contribution in [-0.2, 0) is 14.3 Å². The molecule has 132 valence electrons. The molecule has 2 unspecified atom stereocenters. The van der Waals surface area contributed by atoms with Crippen molar-refractivity contribution in [2.75, 3.05) is 11.5 Å².